The van der Waals surface area contributed by atoms with Crippen LogP contribution >= 0.6 is 11.8 Å². The van der Waals surface area contributed by atoms with Crippen molar-refractivity contribution in [1.29, 1.82) is 0 Å². The van der Waals surface area contributed by atoms with Crippen LogP contribution in [0.5, 0.6) is 5.75 Å². The summed E-state index contributed by atoms with van der Waals surface area (Å²) in [5.41, 5.74) is 0.851. The lowest BCUT2D eigenvalue weighted by Crippen LogP contribution is -2.52. The molecule has 3 atom stereocenters. The molecule has 0 aliphatic carbocycles. The molecule has 8 nitrogen and oxygen atoms in total. The first-order chi connectivity index (χ1) is 17.0. The number of nitrogens with one attached hydrogen (secondary N) is 1. The van der Waals surface area contributed by atoms with E-state index in [0.29, 0.717) is 17.8 Å². The third-order valence-electron chi connectivity index (χ3n) is 5.66. The Kier molecular flexibility index (Phi) is 7.67. The first-order valence-corrected chi connectivity index (χ1v) is 12.1. The number of benzene rings is 3. The Hall–Kier alpha value is -3.85. The molecule has 1 saturated heterocycles. The highest BCUT2D eigenvalue weighted by atomic mass is 32.2. The first kappa shape index (κ1) is 24.3. The third kappa shape index (κ3) is 5.63. The molecular weight excluding hydrogens is 468 g/mol. The number of amides is 2. The van der Waals surface area contributed by atoms with Gasteiger partial charge >= 0.3 is 5.97 Å². The van der Waals surface area contributed by atoms with Crippen molar-refractivity contribution in [3.63, 3.8) is 0 Å². The highest BCUT2D eigenvalue weighted by Gasteiger charge is 2.42. The van der Waals surface area contributed by atoms with Gasteiger partial charge in [0.2, 0.25) is 5.91 Å². The zero-order chi connectivity index (χ0) is 24.8. The number of hydrogen-bond acceptors (Lipinski definition) is 6. The number of fused-ring (bicyclic) bond motifs is 1. The van der Waals surface area contributed by atoms with E-state index in [4.69, 9.17) is 9.84 Å². The van der Waals surface area contributed by atoms with Crippen molar-refractivity contribution in [1.82, 2.24) is 10.2 Å². The zero-order valence-electron chi connectivity index (χ0n) is 18.7. The molecule has 1 aliphatic rings. The maximum Gasteiger partial charge on any atom is 0.305 e. The van der Waals surface area contributed by atoms with E-state index in [2.05, 4.69) is 5.32 Å². The zero-order valence-corrected chi connectivity index (χ0v) is 19.5. The van der Waals surface area contributed by atoms with Crippen LogP contribution in [0.25, 0.3) is 10.8 Å². The fourth-order valence-corrected chi connectivity index (χ4v) is 5.47. The van der Waals surface area contributed by atoms with Crippen LogP contribution in [0.15, 0.2) is 72.8 Å². The van der Waals surface area contributed by atoms with Gasteiger partial charge in [0.05, 0.1) is 12.5 Å². The van der Waals surface area contributed by atoms with Gasteiger partial charge in [-0.05, 0) is 17.0 Å². The van der Waals surface area contributed by atoms with E-state index < -0.39 is 41.7 Å². The second-order valence-electron chi connectivity index (χ2n) is 8.03. The lowest BCUT2D eigenvalue weighted by Gasteiger charge is -2.29. The van der Waals surface area contributed by atoms with Gasteiger partial charge in [0.15, 0.2) is 6.61 Å². The monoisotopic (exact) mass is 492 g/mol. The Bertz CT molecular complexity index is 1230. The number of rotatable bonds is 9. The SMILES string of the molecule is O=CC(CC(=O)O)NC(=O)C1CSC(c2ccccc2)N1C(=O)COc1cccc2ccccc12. The molecule has 180 valence electrons. The van der Waals surface area contributed by atoms with Crippen molar-refractivity contribution in [3.05, 3.63) is 78.4 Å². The molecule has 3 aromatic rings. The van der Waals surface area contributed by atoms with E-state index in [1.54, 1.807) is 6.07 Å². The molecule has 1 heterocycles. The molecule has 4 rings (SSSR count). The lowest BCUT2D eigenvalue weighted by molar-refractivity contribution is -0.143. The summed E-state index contributed by atoms with van der Waals surface area (Å²) < 4.78 is 5.89. The maximum absolute atomic E-state index is 13.4. The van der Waals surface area contributed by atoms with Crippen LogP contribution < -0.4 is 10.1 Å². The molecule has 9 heteroatoms. The molecule has 1 fully saturated rings. The highest BCUT2D eigenvalue weighted by molar-refractivity contribution is 7.99. The summed E-state index contributed by atoms with van der Waals surface area (Å²) in [4.78, 5) is 50.2. The number of carbonyl (C=O) groups is 4. The van der Waals surface area contributed by atoms with Crippen molar-refractivity contribution in [2.24, 2.45) is 0 Å². The quantitative estimate of drug-likeness (QED) is 0.442. The van der Waals surface area contributed by atoms with E-state index in [-0.39, 0.29) is 6.61 Å². The molecule has 1 aliphatic heterocycles. The van der Waals surface area contributed by atoms with Crippen molar-refractivity contribution < 1.29 is 29.0 Å². The van der Waals surface area contributed by atoms with E-state index in [0.717, 1.165) is 16.3 Å². The van der Waals surface area contributed by atoms with Crippen LogP contribution in [0.2, 0.25) is 0 Å². The van der Waals surface area contributed by atoms with Gasteiger partial charge in [0.1, 0.15) is 23.5 Å². The van der Waals surface area contributed by atoms with Gasteiger partial charge in [0.25, 0.3) is 5.91 Å². The molecule has 35 heavy (non-hydrogen) atoms. The van der Waals surface area contributed by atoms with E-state index in [1.807, 2.05) is 66.7 Å². The predicted octanol–water partition coefficient (Wildman–Crippen LogP) is 3.02. The molecular formula is C26H24N2O6S. The molecule has 2 amide bonds. The summed E-state index contributed by atoms with van der Waals surface area (Å²) >= 11 is 1.43. The summed E-state index contributed by atoms with van der Waals surface area (Å²) in [7, 11) is 0. The number of aliphatic carboxylic acids is 1. The van der Waals surface area contributed by atoms with Crippen LogP contribution in [0.1, 0.15) is 17.4 Å². The van der Waals surface area contributed by atoms with E-state index in [9.17, 15) is 19.2 Å². The minimum absolute atomic E-state index is 0.284. The normalized spacial score (nSPS) is 18.1. The minimum Gasteiger partial charge on any atom is -0.483 e. The van der Waals surface area contributed by atoms with Crippen LogP contribution in [0.4, 0.5) is 0 Å². The second kappa shape index (κ2) is 11.1. The number of hydrogen-bond donors (Lipinski definition) is 2. The number of nitrogens with zero attached hydrogens (tertiary/aromatic N) is 1. The Morgan fingerprint density at radius 1 is 1.06 bits per heavy atom. The van der Waals surface area contributed by atoms with Crippen LogP contribution in [0, 0.1) is 0 Å². The molecule has 3 aromatic carbocycles. The van der Waals surface area contributed by atoms with Gasteiger partial charge in [-0.1, -0.05) is 66.7 Å². The molecule has 3 unspecified atom stereocenters. The number of aldehydes is 1. The standard InChI is InChI=1S/C26H24N2O6S/c29-14-19(13-24(31)32)27-25(33)21-16-35-26(18-8-2-1-3-9-18)28(21)23(30)15-34-22-12-6-10-17-7-4-5-11-20(17)22/h1-12,14,19,21,26H,13,15-16H2,(H,27,33)(H,31,32). The largest absolute Gasteiger partial charge is 0.483 e. The van der Waals surface area contributed by atoms with Crippen LogP contribution in [-0.2, 0) is 19.2 Å². The van der Waals surface area contributed by atoms with E-state index in [1.165, 1.54) is 16.7 Å². The van der Waals surface area contributed by atoms with Gasteiger partial charge in [-0.15, -0.1) is 11.8 Å². The number of carboxylic acid groups (broad SMARTS) is 1. The Balaban J connectivity index is 1.55. The van der Waals surface area contributed by atoms with Crippen molar-refractivity contribution in [2.45, 2.75) is 23.9 Å². The van der Waals surface area contributed by atoms with Gasteiger partial charge in [-0.25, -0.2) is 0 Å². The van der Waals surface area contributed by atoms with Crippen molar-refractivity contribution in [2.75, 3.05) is 12.4 Å². The second-order valence-corrected chi connectivity index (χ2v) is 9.14. The predicted molar refractivity (Wildman–Crippen MR) is 132 cm³/mol. The summed E-state index contributed by atoms with van der Waals surface area (Å²) in [6.45, 7) is -0.284. The average molecular weight is 493 g/mol. The summed E-state index contributed by atoms with van der Waals surface area (Å²) in [5.74, 6) is -1.32. The third-order valence-corrected chi connectivity index (χ3v) is 6.99. The van der Waals surface area contributed by atoms with Gasteiger partial charge in [-0.3, -0.25) is 14.4 Å². The fraction of sp³-hybridized carbons (Fsp3) is 0.231. The highest BCUT2D eigenvalue weighted by Crippen LogP contribution is 2.41. The molecule has 0 spiro atoms. The number of carbonyl (C=O) groups excluding carboxylic acids is 3. The van der Waals surface area contributed by atoms with Crippen molar-refractivity contribution >= 4 is 46.6 Å². The molecule has 0 aromatic heterocycles. The Labute approximate surface area is 206 Å². The minimum atomic E-state index is -1.21. The number of carboxylic acids is 1. The summed E-state index contributed by atoms with van der Waals surface area (Å²) in [5, 5.41) is 12.9. The Morgan fingerprint density at radius 3 is 2.51 bits per heavy atom. The van der Waals surface area contributed by atoms with Gasteiger partial charge < -0.3 is 24.9 Å². The maximum atomic E-state index is 13.4. The average Bonchev–Trinajstić information content (AvgIpc) is 3.32. The summed E-state index contributed by atoms with van der Waals surface area (Å²) in [6, 6.07) is 20.5. The van der Waals surface area contributed by atoms with Crippen LogP contribution in [-0.4, -0.2) is 58.5 Å². The number of ether oxygens (including phenoxy) is 1. The Morgan fingerprint density at radius 2 is 1.77 bits per heavy atom. The van der Waals surface area contributed by atoms with E-state index >= 15 is 0 Å². The topological polar surface area (TPSA) is 113 Å². The van der Waals surface area contributed by atoms with Gasteiger partial charge in [0, 0.05) is 11.1 Å². The lowest BCUT2D eigenvalue weighted by atomic mass is 10.1. The fourth-order valence-electron chi connectivity index (χ4n) is 4.02. The molecule has 2 N–H and O–H groups in total. The first-order valence-electron chi connectivity index (χ1n) is 11.0. The number of thioether (sulfide) groups is 1. The molecule has 0 radical (unpaired) electrons. The smallest absolute Gasteiger partial charge is 0.305 e. The summed E-state index contributed by atoms with van der Waals surface area (Å²) in [6.07, 6.45) is -0.145. The molecule has 0 bridgehead atoms. The van der Waals surface area contributed by atoms with Gasteiger partial charge in [-0.2, -0.15) is 0 Å². The van der Waals surface area contributed by atoms with Crippen molar-refractivity contribution in [3.8, 4) is 5.75 Å². The van der Waals surface area contributed by atoms with Crippen LogP contribution in [0.3, 0.4) is 0 Å². The molecule has 0 saturated carbocycles.